The summed E-state index contributed by atoms with van der Waals surface area (Å²) in [5.41, 5.74) is 0.586. The van der Waals surface area contributed by atoms with Crippen LogP contribution in [-0.2, 0) is 4.79 Å². The highest BCUT2D eigenvalue weighted by Crippen LogP contribution is 2.68. The summed E-state index contributed by atoms with van der Waals surface area (Å²) in [6.45, 7) is 15.6. The van der Waals surface area contributed by atoms with Gasteiger partial charge in [-0.3, -0.25) is 4.79 Å². The van der Waals surface area contributed by atoms with Crippen LogP contribution in [0.3, 0.4) is 0 Å². The highest BCUT2D eigenvalue weighted by Gasteiger charge is 2.62. The van der Waals surface area contributed by atoms with Crippen molar-refractivity contribution in [2.45, 2.75) is 125 Å². The first kappa shape index (κ1) is 26.2. The Labute approximate surface area is 198 Å². The number of aliphatic hydroxyl groups excluding tert-OH is 2. The highest BCUT2D eigenvalue weighted by atomic mass is 16.3. The largest absolute Gasteiger partial charge is 0.393 e. The summed E-state index contributed by atoms with van der Waals surface area (Å²) < 4.78 is 0. The van der Waals surface area contributed by atoms with Gasteiger partial charge in [0.1, 0.15) is 5.78 Å². The first-order valence-corrected chi connectivity index (χ1v) is 14.0. The SMILES string of the molecule is CC.CC(C)[C@H](O)CC[C@@H](C)[C@H]1CCC2C3C(CC[C@@]21C)[C@@]1(C)CCC(=O)C[C@@H]1C[C@H]3O. The Hall–Kier alpha value is -0.410. The molecular weight excluding hydrogens is 396 g/mol. The Balaban J connectivity index is 0.00000141. The van der Waals surface area contributed by atoms with Crippen LogP contribution in [0.4, 0.5) is 0 Å². The van der Waals surface area contributed by atoms with E-state index in [1.807, 2.05) is 13.8 Å². The Bertz CT molecular complexity index is 644. The van der Waals surface area contributed by atoms with Crippen molar-refractivity contribution in [2.75, 3.05) is 0 Å². The van der Waals surface area contributed by atoms with E-state index in [0.717, 1.165) is 32.1 Å². The lowest BCUT2D eigenvalue weighted by atomic mass is 9.44. The van der Waals surface area contributed by atoms with Crippen molar-refractivity contribution in [3.63, 3.8) is 0 Å². The van der Waals surface area contributed by atoms with Crippen LogP contribution < -0.4 is 0 Å². The van der Waals surface area contributed by atoms with Gasteiger partial charge in [0.25, 0.3) is 0 Å². The van der Waals surface area contributed by atoms with Crippen LogP contribution in [0.2, 0.25) is 0 Å². The number of hydrogen-bond acceptors (Lipinski definition) is 3. The van der Waals surface area contributed by atoms with E-state index in [1.165, 1.54) is 25.7 Å². The zero-order chi connectivity index (χ0) is 23.8. The molecule has 0 spiro atoms. The van der Waals surface area contributed by atoms with Crippen LogP contribution in [-0.4, -0.2) is 28.2 Å². The highest BCUT2D eigenvalue weighted by molar-refractivity contribution is 5.79. The van der Waals surface area contributed by atoms with Gasteiger partial charge in [0.05, 0.1) is 12.2 Å². The fourth-order valence-electron chi connectivity index (χ4n) is 8.96. The molecule has 4 saturated carbocycles. The minimum absolute atomic E-state index is 0.181. The summed E-state index contributed by atoms with van der Waals surface area (Å²) in [4.78, 5) is 12.1. The van der Waals surface area contributed by atoms with E-state index in [1.54, 1.807) is 0 Å². The second-order valence-electron chi connectivity index (χ2n) is 12.6. The van der Waals surface area contributed by atoms with Gasteiger partial charge in [0, 0.05) is 12.8 Å². The summed E-state index contributed by atoms with van der Waals surface area (Å²) in [7, 11) is 0. The van der Waals surface area contributed by atoms with Gasteiger partial charge in [-0.15, -0.1) is 0 Å². The summed E-state index contributed by atoms with van der Waals surface area (Å²) in [5.74, 6) is 4.16. The first-order chi connectivity index (χ1) is 15.1. The third-order valence-corrected chi connectivity index (χ3v) is 10.9. The molecule has 4 aliphatic rings. The van der Waals surface area contributed by atoms with E-state index in [0.29, 0.717) is 59.0 Å². The van der Waals surface area contributed by atoms with Gasteiger partial charge in [-0.25, -0.2) is 0 Å². The normalized spacial score (nSPS) is 45.2. The van der Waals surface area contributed by atoms with Crippen LogP contribution >= 0.6 is 0 Å². The molecule has 0 amide bonds. The summed E-state index contributed by atoms with van der Waals surface area (Å²) in [6, 6.07) is 0. The maximum atomic E-state index is 12.1. The van der Waals surface area contributed by atoms with Gasteiger partial charge >= 0.3 is 0 Å². The molecule has 0 radical (unpaired) electrons. The lowest BCUT2D eigenvalue weighted by molar-refractivity contribution is -0.169. The van der Waals surface area contributed by atoms with Crippen molar-refractivity contribution >= 4 is 5.78 Å². The molecule has 3 nitrogen and oxygen atoms in total. The molecule has 0 heterocycles. The molecule has 4 fully saturated rings. The fourth-order valence-corrected chi connectivity index (χ4v) is 8.96. The molecule has 2 N–H and O–H groups in total. The minimum atomic E-state index is -0.222. The van der Waals surface area contributed by atoms with Crippen LogP contribution in [0.1, 0.15) is 113 Å². The molecule has 32 heavy (non-hydrogen) atoms. The zero-order valence-electron chi connectivity index (χ0n) is 22.1. The van der Waals surface area contributed by atoms with Crippen molar-refractivity contribution in [1.29, 1.82) is 0 Å². The average Bonchev–Trinajstić information content (AvgIpc) is 3.11. The third-order valence-electron chi connectivity index (χ3n) is 10.9. The molecule has 10 atom stereocenters. The van der Waals surface area contributed by atoms with E-state index in [9.17, 15) is 15.0 Å². The van der Waals surface area contributed by atoms with Gasteiger partial charge in [-0.2, -0.15) is 0 Å². The van der Waals surface area contributed by atoms with Crippen LogP contribution in [0, 0.1) is 52.3 Å². The number of ketones is 1. The molecule has 0 saturated heterocycles. The third kappa shape index (κ3) is 4.47. The van der Waals surface area contributed by atoms with Crippen molar-refractivity contribution < 1.29 is 15.0 Å². The number of hydrogen-bond donors (Lipinski definition) is 2. The predicted octanol–water partition coefficient (Wildman–Crippen LogP) is 6.64. The van der Waals surface area contributed by atoms with E-state index >= 15 is 0 Å². The molecule has 0 aromatic heterocycles. The number of Topliss-reactive ketones (excluding diaryl/α,β-unsaturated/α-hetero) is 1. The number of rotatable bonds is 5. The molecule has 0 aromatic carbocycles. The molecule has 3 unspecified atom stereocenters. The van der Waals surface area contributed by atoms with Gasteiger partial charge < -0.3 is 10.2 Å². The maximum absolute atomic E-state index is 12.1. The summed E-state index contributed by atoms with van der Waals surface area (Å²) in [5, 5.41) is 21.6. The number of carbonyl (C=O) groups excluding carboxylic acids is 1. The van der Waals surface area contributed by atoms with E-state index < -0.39 is 0 Å². The zero-order valence-corrected chi connectivity index (χ0v) is 22.1. The average molecular weight is 449 g/mol. The van der Waals surface area contributed by atoms with Gasteiger partial charge in [0.2, 0.25) is 0 Å². The van der Waals surface area contributed by atoms with E-state index in [-0.39, 0.29) is 17.6 Å². The van der Waals surface area contributed by atoms with Gasteiger partial charge in [-0.05, 0) is 104 Å². The quantitative estimate of drug-likeness (QED) is 0.495. The lowest BCUT2D eigenvalue weighted by Gasteiger charge is -2.62. The van der Waals surface area contributed by atoms with Crippen LogP contribution in [0.5, 0.6) is 0 Å². The molecular formula is C29H52O3. The second kappa shape index (κ2) is 10.1. The Kier molecular flexibility index (Phi) is 8.24. The molecule has 186 valence electrons. The van der Waals surface area contributed by atoms with Gasteiger partial charge in [0.15, 0.2) is 0 Å². The molecule has 0 aromatic rings. The maximum Gasteiger partial charge on any atom is 0.133 e. The Morgan fingerprint density at radius 2 is 1.62 bits per heavy atom. The predicted molar refractivity (Wildman–Crippen MR) is 132 cm³/mol. The van der Waals surface area contributed by atoms with Crippen LogP contribution in [0.15, 0.2) is 0 Å². The van der Waals surface area contributed by atoms with Crippen molar-refractivity contribution in [1.82, 2.24) is 0 Å². The first-order valence-electron chi connectivity index (χ1n) is 14.0. The molecule has 4 aliphatic carbocycles. The summed E-state index contributed by atoms with van der Waals surface area (Å²) >= 11 is 0. The molecule has 4 rings (SSSR count). The van der Waals surface area contributed by atoms with Crippen LogP contribution in [0.25, 0.3) is 0 Å². The lowest BCUT2D eigenvalue weighted by Crippen LogP contribution is -2.58. The smallest absolute Gasteiger partial charge is 0.133 e. The van der Waals surface area contributed by atoms with E-state index in [4.69, 9.17) is 0 Å². The topological polar surface area (TPSA) is 57.5 Å². The molecule has 0 aliphatic heterocycles. The fraction of sp³-hybridized carbons (Fsp3) is 0.966. The van der Waals surface area contributed by atoms with Crippen molar-refractivity contribution in [3.8, 4) is 0 Å². The summed E-state index contributed by atoms with van der Waals surface area (Å²) in [6.07, 6.45) is 10.0. The number of carbonyl (C=O) groups is 1. The molecule has 0 bridgehead atoms. The number of fused-ring (bicyclic) bond motifs is 5. The Morgan fingerprint density at radius 1 is 0.969 bits per heavy atom. The van der Waals surface area contributed by atoms with Gasteiger partial charge in [-0.1, -0.05) is 48.5 Å². The molecule has 3 heteroatoms. The minimum Gasteiger partial charge on any atom is -0.393 e. The van der Waals surface area contributed by atoms with E-state index in [2.05, 4.69) is 34.6 Å². The standard InChI is InChI=1S/C27H46O3.C2H6/c1-16(2)23(29)9-6-17(3)20-7-8-21-25-22(11-13-27(20,21)5)26(4)12-10-19(28)14-18(26)15-24(25)30;1-2/h16-18,20-25,29-30H,6-15H2,1-5H3;1-2H3/t17-,18-,20-,21?,22?,23-,24-,25?,26+,27-;/m1./s1. The second-order valence-corrected chi connectivity index (χ2v) is 12.6. The van der Waals surface area contributed by atoms with Crippen molar-refractivity contribution in [3.05, 3.63) is 0 Å². The Morgan fingerprint density at radius 3 is 2.28 bits per heavy atom. The van der Waals surface area contributed by atoms with Crippen molar-refractivity contribution in [2.24, 2.45) is 52.3 Å². The monoisotopic (exact) mass is 448 g/mol. The number of aliphatic hydroxyl groups is 2.